The summed E-state index contributed by atoms with van der Waals surface area (Å²) in [5.41, 5.74) is 0.970. The fraction of sp³-hybridized carbons (Fsp3) is 0.250. The first-order chi connectivity index (χ1) is 10.9. The molecule has 1 aromatic carbocycles. The SMILES string of the molecule is Cc1nc2c(F)c(-c3ccc(Cl)cc3)nn2c(O)c1OC(C)C. The molecule has 0 radical (unpaired) electrons. The highest BCUT2D eigenvalue weighted by atomic mass is 35.5. The average molecular weight is 336 g/mol. The third-order valence-corrected chi connectivity index (χ3v) is 3.53. The monoisotopic (exact) mass is 335 g/mol. The number of hydrogen-bond acceptors (Lipinski definition) is 4. The first-order valence-corrected chi connectivity index (χ1v) is 7.46. The molecule has 23 heavy (non-hydrogen) atoms. The zero-order chi connectivity index (χ0) is 16.7. The molecule has 3 rings (SSSR count). The fourth-order valence-corrected chi connectivity index (χ4v) is 2.39. The molecule has 0 bridgehead atoms. The van der Waals surface area contributed by atoms with E-state index >= 15 is 0 Å². The van der Waals surface area contributed by atoms with E-state index in [4.69, 9.17) is 16.3 Å². The molecule has 0 unspecified atom stereocenters. The number of aromatic nitrogens is 3. The lowest BCUT2D eigenvalue weighted by Gasteiger charge is -2.13. The summed E-state index contributed by atoms with van der Waals surface area (Å²) < 4.78 is 21.2. The van der Waals surface area contributed by atoms with Crippen LogP contribution in [0.3, 0.4) is 0 Å². The standard InChI is InChI=1S/C16H15ClFN3O2/c1-8(2)23-14-9(3)19-15-12(18)13(20-21(15)16(14)22)10-4-6-11(17)7-5-10/h4-8,22H,1-3H3. The molecule has 0 saturated heterocycles. The molecule has 0 fully saturated rings. The van der Waals surface area contributed by atoms with E-state index in [1.807, 2.05) is 13.8 Å². The number of aryl methyl sites for hydroxylation is 1. The minimum Gasteiger partial charge on any atom is -0.491 e. The first-order valence-electron chi connectivity index (χ1n) is 7.09. The maximum Gasteiger partial charge on any atom is 0.259 e. The highest BCUT2D eigenvalue weighted by Crippen LogP contribution is 2.33. The molecule has 1 N–H and O–H groups in total. The Labute approximate surface area is 137 Å². The van der Waals surface area contributed by atoms with Crippen molar-refractivity contribution in [2.75, 3.05) is 0 Å². The van der Waals surface area contributed by atoms with Crippen LogP contribution in [0.4, 0.5) is 4.39 Å². The lowest BCUT2D eigenvalue weighted by atomic mass is 10.1. The van der Waals surface area contributed by atoms with E-state index in [0.29, 0.717) is 16.3 Å². The smallest absolute Gasteiger partial charge is 0.259 e. The van der Waals surface area contributed by atoms with E-state index in [9.17, 15) is 9.50 Å². The third-order valence-electron chi connectivity index (χ3n) is 3.28. The quantitative estimate of drug-likeness (QED) is 0.786. The molecule has 3 aromatic rings. The van der Waals surface area contributed by atoms with E-state index in [1.54, 1.807) is 31.2 Å². The van der Waals surface area contributed by atoms with Crippen LogP contribution in [0.2, 0.25) is 5.02 Å². The minimum atomic E-state index is -0.609. The molecular weight excluding hydrogens is 321 g/mol. The second-order valence-electron chi connectivity index (χ2n) is 5.42. The highest BCUT2D eigenvalue weighted by molar-refractivity contribution is 6.30. The largest absolute Gasteiger partial charge is 0.491 e. The van der Waals surface area contributed by atoms with Crippen molar-refractivity contribution in [3.05, 3.63) is 40.8 Å². The summed E-state index contributed by atoms with van der Waals surface area (Å²) in [4.78, 5) is 4.17. The summed E-state index contributed by atoms with van der Waals surface area (Å²) in [6.45, 7) is 5.30. The lowest BCUT2D eigenvalue weighted by molar-refractivity contribution is 0.224. The Kier molecular flexibility index (Phi) is 3.85. The maximum absolute atomic E-state index is 14.6. The van der Waals surface area contributed by atoms with E-state index in [-0.39, 0.29) is 29.1 Å². The molecule has 0 saturated carbocycles. The number of hydrogen-bond donors (Lipinski definition) is 1. The van der Waals surface area contributed by atoms with Crippen molar-refractivity contribution in [1.82, 2.24) is 14.6 Å². The van der Waals surface area contributed by atoms with Gasteiger partial charge in [-0.1, -0.05) is 23.7 Å². The van der Waals surface area contributed by atoms with Crippen LogP contribution < -0.4 is 4.74 Å². The Bertz CT molecular complexity index is 875. The predicted octanol–water partition coefficient (Wildman–Crippen LogP) is 3.99. The Morgan fingerprint density at radius 1 is 1.26 bits per heavy atom. The molecule has 5 nitrogen and oxygen atoms in total. The van der Waals surface area contributed by atoms with Gasteiger partial charge in [-0.05, 0) is 32.9 Å². The Morgan fingerprint density at radius 2 is 1.91 bits per heavy atom. The molecule has 2 heterocycles. The van der Waals surface area contributed by atoms with Crippen molar-refractivity contribution in [3.8, 4) is 22.9 Å². The molecule has 0 amide bonds. The molecule has 0 aliphatic heterocycles. The van der Waals surface area contributed by atoms with Crippen LogP contribution >= 0.6 is 11.6 Å². The van der Waals surface area contributed by atoms with Gasteiger partial charge in [0.2, 0.25) is 5.75 Å². The molecule has 0 atom stereocenters. The van der Waals surface area contributed by atoms with Gasteiger partial charge in [0, 0.05) is 10.6 Å². The van der Waals surface area contributed by atoms with E-state index < -0.39 is 5.82 Å². The number of ether oxygens (including phenoxy) is 1. The molecule has 0 aliphatic rings. The summed E-state index contributed by atoms with van der Waals surface area (Å²) in [7, 11) is 0. The Hall–Kier alpha value is -2.34. The zero-order valence-corrected chi connectivity index (χ0v) is 13.6. The number of halogens is 2. The predicted molar refractivity (Wildman–Crippen MR) is 85.6 cm³/mol. The Balaban J connectivity index is 2.22. The summed E-state index contributed by atoms with van der Waals surface area (Å²) in [5.74, 6) is -0.695. The van der Waals surface area contributed by atoms with Gasteiger partial charge in [-0.15, -0.1) is 0 Å². The van der Waals surface area contributed by atoms with Gasteiger partial charge < -0.3 is 9.84 Å². The van der Waals surface area contributed by atoms with Crippen LogP contribution in [0.5, 0.6) is 11.6 Å². The van der Waals surface area contributed by atoms with Crippen LogP contribution in [0.25, 0.3) is 16.9 Å². The van der Waals surface area contributed by atoms with Crippen molar-refractivity contribution in [2.45, 2.75) is 26.9 Å². The molecule has 0 aliphatic carbocycles. The number of rotatable bonds is 3. The van der Waals surface area contributed by atoms with E-state index in [2.05, 4.69) is 10.1 Å². The Morgan fingerprint density at radius 3 is 2.52 bits per heavy atom. The summed E-state index contributed by atoms with van der Waals surface area (Å²) in [6.07, 6.45) is -0.157. The lowest BCUT2D eigenvalue weighted by Crippen LogP contribution is -2.09. The van der Waals surface area contributed by atoms with Gasteiger partial charge in [-0.3, -0.25) is 0 Å². The van der Waals surface area contributed by atoms with Gasteiger partial charge in [0.25, 0.3) is 5.88 Å². The number of fused-ring (bicyclic) bond motifs is 1. The number of benzene rings is 1. The van der Waals surface area contributed by atoms with E-state index in [0.717, 1.165) is 4.52 Å². The second-order valence-corrected chi connectivity index (χ2v) is 5.86. The van der Waals surface area contributed by atoms with E-state index in [1.165, 1.54) is 0 Å². The van der Waals surface area contributed by atoms with Gasteiger partial charge in [0.05, 0.1) is 11.8 Å². The van der Waals surface area contributed by atoms with Gasteiger partial charge in [-0.25, -0.2) is 9.37 Å². The van der Waals surface area contributed by atoms with Crippen LogP contribution in [0.1, 0.15) is 19.5 Å². The minimum absolute atomic E-state index is 0.0546. The van der Waals surface area contributed by atoms with Crippen molar-refractivity contribution < 1.29 is 14.2 Å². The normalized spacial score (nSPS) is 11.4. The highest BCUT2D eigenvalue weighted by Gasteiger charge is 2.22. The second kappa shape index (κ2) is 5.70. The van der Waals surface area contributed by atoms with Crippen LogP contribution in [0, 0.1) is 12.7 Å². The maximum atomic E-state index is 14.6. The van der Waals surface area contributed by atoms with Crippen LogP contribution in [-0.4, -0.2) is 25.8 Å². The summed E-state index contributed by atoms with van der Waals surface area (Å²) in [6, 6.07) is 6.60. The topological polar surface area (TPSA) is 59.7 Å². The first kappa shape index (κ1) is 15.6. The third kappa shape index (κ3) is 2.70. The molecule has 120 valence electrons. The van der Waals surface area contributed by atoms with Crippen molar-refractivity contribution in [2.24, 2.45) is 0 Å². The van der Waals surface area contributed by atoms with Crippen molar-refractivity contribution in [1.29, 1.82) is 0 Å². The molecular formula is C16H15ClFN3O2. The summed E-state index contributed by atoms with van der Waals surface area (Å²) >= 11 is 5.84. The number of aromatic hydroxyl groups is 1. The van der Waals surface area contributed by atoms with Gasteiger partial charge in [0.15, 0.2) is 11.5 Å². The number of nitrogens with zero attached hydrogens (tertiary/aromatic N) is 3. The van der Waals surface area contributed by atoms with Crippen molar-refractivity contribution in [3.63, 3.8) is 0 Å². The van der Waals surface area contributed by atoms with Crippen molar-refractivity contribution >= 4 is 17.2 Å². The van der Waals surface area contributed by atoms with Gasteiger partial charge in [0.1, 0.15) is 5.69 Å². The zero-order valence-electron chi connectivity index (χ0n) is 12.8. The molecule has 2 aromatic heterocycles. The fourth-order valence-electron chi connectivity index (χ4n) is 2.27. The van der Waals surface area contributed by atoms with Gasteiger partial charge in [-0.2, -0.15) is 9.61 Å². The van der Waals surface area contributed by atoms with Crippen LogP contribution in [-0.2, 0) is 0 Å². The molecule has 7 heteroatoms. The summed E-state index contributed by atoms with van der Waals surface area (Å²) in [5, 5.41) is 15.0. The molecule has 0 spiro atoms. The average Bonchev–Trinajstić information content (AvgIpc) is 2.82. The van der Waals surface area contributed by atoms with Crippen LogP contribution in [0.15, 0.2) is 24.3 Å². The van der Waals surface area contributed by atoms with Gasteiger partial charge >= 0.3 is 0 Å².